The van der Waals surface area contributed by atoms with Gasteiger partial charge in [-0.2, -0.15) is 0 Å². The number of fused-ring (bicyclic) bond motifs is 1. The molecule has 5 unspecified atom stereocenters. The summed E-state index contributed by atoms with van der Waals surface area (Å²) >= 11 is 0. The maximum Gasteiger partial charge on any atom is 0.335 e. The lowest BCUT2D eigenvalue weighted by atomic mass is 9.60. The molecule has 4 fully saturated rings. The second-order valence-electron chi connectivity index (χ2n) is 12.7. The molecule has 3 aliphatic carbocycles. The molecule has 0 radical (unpaired) electrons. The second kappa shape index (κ2) is 13.2. The molecule has 4 aliphatic rings. The van der Waals surface area contributed by atoms with Crippen LogP contribution in [0, 0.1) is 29.1 Å². The highest BCUT2D eigenvalue weighted by Gasteiger charge is 2.51. The van der Waals surface area contributed by atoms with Crippen molar-refractivity contribution in [2.75, 3.05) is 0 Å². The number of carboxylic acids is 1. The summed E-state index contributed by atoms with van der Waals surface area (Å²) < 4.78 is 65.9. The van der Waals surface area contributed by atoms with Gasteiger partial charge in [0.15, 0.2) is 12.4 Å². The first kappa shape index (κ1) is 23.0. The van der Waals surface area contributed by atoms with Crippen LogP contribution < -0.4 is 0 Å². The van der Waals surface area contributed by atoms with Crippen LogP contribution in [-0.2, 0) is 14.3 Å². The Hall–Kier alpha value is -1.51. The van der Waals surface area contributed by atoms with Crippen LogP contribution in [0.25, 0.3) is 0 Å². The highest BCUT2D eigenvalue weighted by atomic mass is 16.7. The smallest absolute Gasteiger partial charge is 0.335 e. The Morgan fingerprint density at radius 3 is 2.67 bits per heavy atom. The second-order valence-corrected chi connectivity index (χ2v) is 12.7. The Morgan fingerprint density at radius 2 is 1.95 bits per heavy atom. The molecule has 7 nitrogen and oxygen atoms in total. The van der Waals surface area contributed by atoms with Gasteiger partial charge in [0, 0.05) is 9.60 Å². The van der Waals surface area contributed by atoms with Crippen LogP contribution in [0.5, 0.6) is 0 Å². The fourth-order valence-electron chi connectivity index (χ4n) is 7.87. The highest BCUT2D eigenvalue weighted by Crippen LogP contribution is 2.60. The molecule has 0 aromatic rings. The van der Waals surface area contributed by atoms with E-state index in [9.17, 15) is 25.2 Å². The fraction of sp³-hybridized carbons (Fsp3) is 0.788. The molecule has 4 rings (SSSR count). The van der Waals surface area contributed by atoms with E-state index in [-0.39, 0.29) is 17.8 Å². The van der Waals surface area contributed by atoms with Crippen LogP contribution in [-0.4, -0.2) is 63.2 Å². The van der Waals surface area contributed by atoms with Crippen LogP contribution in [0.4, 0.5) is 0 Å². The number of aliphatic hydroxyl groups excluding tert-OH is 3. The molecule has 226 valence electrons. The molecule has 0 spiro atoms. The number of rotatable bonds is 9. The summed E-state index contributed by atoms with van der Waals surface area (Å²) in [6, 6.07) is 0. The number of aliphatic hydroxyl groups is 3. The summed E-state index contributed by atoms with van der Waals surface area (Å²) in [6.45, 7) is 2.98. The van der Waals surface area contributed by atoms with Gasteiger partial charge in [0.25, 0.3) is 0 Å². The Morgan fingerprint density at radius 1 is 1.18 bits per heavy atom. The Labute approximate surface area is 250 Å². The third-order valence-electron chi connectivity index (χ3n) is 10.1. The SMILES string of the molecule is [2H]C([2H])([2H])C([2H])(CCC[C@@H](C)[C@H]1CC[C@H]2/C(=C/C=C3/C[C@@H](OC4OC(C(=O)O)C(O)C(O)C4O)CCC3=C)CCC[C@]12C)C([2H])([2H])[2H]. The quantitative estimate of drug-likeness (QED) is 0.289. The van der Waals surface area contributed by atoms with E-state index in [1.165, 1.54) is 5.57 Å². The monoisotopic (exact) mass is 567 g/mol. The number of allylic oxidation sites excluding steroid dienone is 4. The van der Waals surface area contributed by atoms with Gasteiger partial charge in [-0.25, -0.2) is 4.79 Å². The first-order chi connectivity index (χ1) is 21.7. The molecule has 1 aliphatic heterocycles. The minimum Gasteiger partial charge on any atom is -0.479 e. The summed E-state index contributed by atoms with van der Waals surface area (Å²) in [5.74, 6) is -2.89. The van der Waals surface area contributed by atoms with Gasteiger partial charge in [0.05, 0.1) is 6.10 Å². The summed E-state index contributed by atoms with van der Waals surface area (Å²) in [5.41, 5.74) is 3.40. The maximum atomic E-state index is 11.5. The molecule has 0 bridgehead atoms. The van der Waals surface area contributed by atoms with Crippen LogP contribution >= 0.6 is 0 Å². The van der Waals surface area contributed by atoms with Crippen LogP contribution in [0.1, 0.15) is 108 Å². The van der Waals surface area contributed by atoms with Crippen molar-refractivity contribution in [3.8, 4) is 0 Å². The van der Waals surface area contributed by atoms with Gasteiger partial charge >= 0.3 is 5.97 Å². The van der Waals surface area contributed by atoms with Gasteiger partial charge in [-0.15, -0.1) is 0 Å². The van der Waals surface area contributed by atoms with E-state index in [0.29, 0.717) is 43.9 Å². The van der Waals surface area contributed by atoms with Crippen LogP contribution in [0.2, 0.25) is 0 Å². The zero-order valence-electron chi connectivity index (χ0n) is 30.8. The summed E-state index contributed by atoms with van der Waals surface area (Å²) in [7, 11) is 0. The van der Waals surface area contributed by atoms with Crippen LogP contribution in [0.3, 0.4) is 0 Å². The molecule has 10 atom stereocenters. The average Bonchev–Trinajstić information content (AvgIpc) is 3.33. The van der Waals surface area contributed by atoms with E-state index < -0.39 is 62.4 Å². The fourth-order valence-corrected chi connectivity index (χ4v) is 7.87. The van der Waals surface area contributed by atoms with Gasteiger partial charge in [0.1, 0.15) is 18.3 Å². The van der Waals surface area contributed by atoms with Gasteiger partial charge in [-0.1, -0.05) is 76.7 Å². The van der Waals surface area contributed by atoms with E-state index in [2.05, 4.69) is 32.6 Å². The Kier molecular flexibility index (Phi) is 7.59. The third-order valence-corrected chi connectivity index (χ3v) is 10.1. The molecular weight excluding hydrogens is 508 g/mol. The molecule has 7 heteroatoms. The van der Waals surface area contributed by atoms with Crippen molar-refractivity contribution in [2.45, 2.75) is 135 Å². The minimum atomic E-state index is -2.89. The molecule has 40 heavy (non-hydrogen) atoms. The first-order valence-electron chi connectivity index (χ1n) is 18.4. The predicted octanol–water partition coefficient (Wildman–Crippen LogP) is 5.54. The number of ether oxygens (including phenoxy) is 2. The molecule has 3 saturated carbocycles. The summed E-state index contributed by atoms with van der Waals surface area (Å²) in [6.07, 6.45) is 3.37. The van der Waals surface area contributed by atoms with E-state index in [1.807, 2.05) is 0 Å². The van der Waals surface area contributed by atoms with Crippen molar-refractivity contribution in [1.29, 1.82) is 0 Å². The summed E-state index contributed by atoms with van der Waals surface area (Å²) in [5, 5.41) is 39.9. The molecule has 0 aromatic heterocycles. The lowest BCUT2D eigenvalue weighted by molar-refractivity contribution is -0.304. The molecule has 0 aromatic carbocycles. The van der Waals surface area contributed by atoms with Gasteiger partial charge in [0.2, 0.25) is 0 Å². The van der Waals surface area contributed by atoms with E-state index in [0.717, 1.165) is 43.3 Å². The standard InChI is InChI=1S/C33H52O7/c1-19(2)8-6-9-21(4)25-15-16-26-22(10-7-17-33(25,26)5)12-13-23-18-24(14-11-20(23)3)39-32-29(36)27(34)28(35)30(40-32)31(37)38/h12-13,19,21,24-30,32,34-36H,3,6-11,14-18H2,1-2,4-5H3,(H,37,38)/b22-12+,23-13-/t21-,24+,25-,26+,27?,28?,29?,30?,32?,33-/m1/s1/i1D3,2D3,19D. The number of aliphatic carboxylic acids is 1. The van der Waals surface area contributed by atoms with Gasteiger partial charge in [-0.05, 0) is 86.0 Å². The Balaban J connectivity index is 1.41. The van der Waals surface area contributed by atoms with Gasteiger partial charge < -0.3 is 29.9 Å². The third kappa shape index (κ3) is 6.75. The molecular formula is C33H52O7. The van der Waals surface area contributed by atoms with Crippen molar-refractivity contribution in [3.63, 3.8) is 0 Å². The van der Waals surface area contributed by atoms with Crippen molar-refractivity contribution < 1.29 is 44.3 Å². The first-order valence-corrected chi connectivity index (χ1v) is 14.9. The van der Waals surface area contributed by atoms with E-state index >= 15 is 0 Å². The Bertz CT molecular complexity index is 1200. The topological polar surface area (TPSA) is 116 Å². The minimum absolute atomic E-state index is 0.0594. The highest BCUT2D eigenvalue weighted by molar-refractivity contribution is 5.73. The van der Waals surface area contributed by atoms with Crippen molar-refractivity contribution in [2.24, 2.45) is 29.1 Å². The normalized spacial score (nSPS) is 44.9. The molecule has 0 amide bonds. The molecule has 1 heterocycles. The lowest BCUT2D eigenvalue weighted by Gasteiger charge is -2.44. The zero-order valence-corrected chi connectivity index (χ0v) is 23.8. The summed E-state index contributed by atoms with van der Waals surface area (Å²) in [4.78, 5) is 11.5. The largest absolute Gasteiger partial charge is 0.479 e. The molecule has 4 N–H and O–H groups in total. The molecule has 1 saturated heterocycles. The average molecular weight is 568 g/mol. The zero-order chi connectivity index (χ0) is 35.1. The number of carbonyl (C=O) groups is 1. The van der Waals surface area contributed by atoms with Gasteiger partial charge in [-0.3, -0.25) is 0 Å². The number of hydrogen-bond donors (Lipinski definition) is 4. The van der Waals surface area contributed by atoms with Crippen molar-refractivity contribution in [3.05, 3.63) is 35.5 Å². The predicted molar refractivity (Wildman–Crippen MR) is 154 cm³/mol. The van der Waals surface area contributed by atoms with Crippen LogP contribution in [0.15, 0.2) is 35.5 Å². The maximum absolute atomic E-state index is 11.5. The number of carboxylic acid groups (broad SMARTS) is 1. The number of hydrogen-bond acceptors (Lipinski definition) is 6. The van der Waals surface area contributed by atoms with Crippen molar-refractivity contribution >= 4 is 5.97 Å². The lowest BCUT2D eigenvalue weighted by Crippen LogP contribution is -2.60. The van der Waals surface area contributed by atoms with E-state index in [4.69, 9.17) is 19.1 Å². The van der Waals surface area contributed by atoms with Crippen molar-refractivity contribution in [1.82, 2.24) is 0 Å². The van der Waals surface area contributed by atoms with E-state index in [1.54, 1.807) is 0 Å².